The minimum atomic E-state index is -4.28. The molecule has 108 valence electrons. The molecule has 0 aliphatic heterocycles. The molecule has 1 rings (SSSR count). The highest BCUT2D eigenvalue weighted by atomic mass is 79.9. The Balaban J connectivity index is 2.16. The van der Waals surface area contributed by atoms with Crippen molar-refractivity contribution in [2.24, 2.45) is 0 Å². The molecule has 0 heterocycles. The molecule has 1 atom stereocenters. The minimum Gasteiger partial charge on any atom is -0.393 e. The summed E-state index contributed by atoms with van der Waals surface area (Å²) in [6, 6.07) is 7.57. The summed E-state index contributed by atoms with van der Waals surface area (Å²) in [5.41, 5.74) is 0.984. The Morgan fingerprint density at radius 1 is 1.32 bits per heavy atom. The van der Waals surface area contributed by atoms with E-state index in [2.05, 4.69) is 20.7 Å². The zero-order chi connectivity index (χ0) is 14.3. The van der Waals surface area contributed by atoms with Gasteiger partial charge < -0.3 is 9.84 Å². The van der Waals surface area contributed by atoms with Gasteiger partial charge in [-0.2, -0.15) is 13.2 Å². The number of hydrogen-bond donors (Lipinski definition) is 1. The van der Waals surface area contributed by atoms with E-state index in [1.165, 1.54) is 0 Å². The van der Waals surface area contributed by atoms with Crippen LogP contribution in [-0.2, 0) is 11.2 Å². The largest absolute Gasteiger partial charge is 0.411 e. The van der Waals surface area contributed by atoms with Crippen LogP contribution in [-0.4, -0.2) is 30.6 Å². The maximum Gasteiger partial charge on any atom is 0.411 e. The van der Waals surface area contributed by atoms with Gasteiger partial charge in [-0.05, 0) is 37.0 Å². The summed E-state index contributed by atoms with van der Waals surface area (Å²) in [5.74, 6) is 0. The molecule has 0 saturated carbocycles. The summed E-state index contributed by atoms with van der Waals surface area (Å²) < 4.78 is 40.8. The van der Waals surface area contributed by atoms with Gasteiger partial charge in [-0.3, -0.25) is 0 Å². The number of rotatable bonds is 7. The van der Waals surface area contributed by atoms with Crippen LogP contribution in [0.5, 0.6) is 0 Å². The lowest BCUT2D eigenvalue weighted by atomic mass is 10.0. The fourth-order valence-corrected chi connectivity index (χ4v) is 2.09. The van der Waals surface area contributed by atoms with E-state index in [9.17, 15) is 18.3 Å². The highest BCUT2D eigenvalue weighted by Gasteiger charge is 2.27. The minimum absolute atomic E-state index is 0.00898. The van der Waals surface area contributed by atoms with E-state index < -0.39 is 18.9 Å². The van der Waals surface area contributed by atoms with Crippen molar-refractivity contribution in [3.8, 4) is 0 Å². The zero-order valence-electron chi connectivity index (χ0n) is 10.3. The molecular formula is C13H16BrF3O2. The Hall–Kier alpha value is -0.590. The molecule has 0 fully saturated rings. The van der Waals surface area contributed by atoms with Gasteiger partial charge in [0.25, 0.3) is 0 Å². The molecule has 0 radical (unpaired) electrons. The van der Waals surface area contributed by atoms with Gasteiger partial charge in [-0.25, -0.2) is 0 Å². The Kier molecular flexibility index (Phi) is 6.82. The van der Waals surface area contributed by atoms with E-state index in [1.807, 2.05) is 24.3 Å². The molecule has 0 aliphatic carbocycles. The molecule has 0 amide bonds. The van der Waals surface area contributed by atoms with Crippen molar-refractivity contribution in [3.05, 3.63) is 34.3 Å². The maximum absolute atomic E-state index is 11.8. The first-order valence-corrected chi connectivity index (χ1v) is 6.73. The lowest BCUT2D eigenvalue weighted by molar-refractivity contribution is -0.174. The van der Waals surface area contributed by atoms with Gasteiger partial charge in [-0.1, -0.05) is 28.1 Å². The molecular weight excluding hydrogens is 325 g/mol. The third-order valence-electron chi connectivity index (χ3n) is 2.45. The first-order valence-electron chi connectivity index (χ1n) is 5.94. The second kappa shape index (κ2) is 7.87. The van der Waals surface area contributed by atoms with Crippen LogP contribution in [0.2, 0.25) is 0 Å². The Labute approximate surface area is 118 Å². The van der Waals surface area contributed by atoms with E-state index >= 15 is 0 Å². The number of alkyl halides is 3. The zero-order valence-corrected chi connectivity index (χ0v) is 11.9. The highest BCUT2D eigenvalue weighted by Crippen LogP contribution is 2.16. The SMILES string of the molecule is OC(CCCOCC(F)(F)F)Cc1cccc(Br)c1. The summed E-state index contributed by atoms with van der Waals surface area (Å²) >= 11 is 3.34. The third kappa shape index (κ3) is 8.23. The highest BCUT2D eigenvalue weighted by molar-refractivity contribution is 9.10. The molecule has 6 heteroatoms. The van der Waals surface area contributed by atoms with Crippen molar-refractivity contribution in [2.75, 3.05) is 13.2 Å². The third-order valence-corrected chi connectivity index (χ3v) is 2.95. The molecule has 0 spiro atoms. The van der Waals surface area contributed by atoms with E-state index in [-0.39, 0.29) is 6.61 Å². The van der Waals surface area contributed by atoms with Crippen LogP contribution in [0.1, 0.15) is 18.4 Å². The van der Waals surface area contributed by atoms with Gasteiger partial charge in [-0.15, -0.1) is 0 Å². The van der Waals surface area contributed by atoms with Gasteiger partial charge >= 0.3 is 6.18 Å². The molecule has 2 nitrogen and oxygen atoms in total. The monoisotopic (exact) mass is 340 g/mol. The molecule has 19 heavy (non-hydrogen) atoms. The lowest BCUT2D eigenvalue weighted by Gasteiger charge is -2.11. The normalized spacial score (nSPS) is 13.5. The number of hydrogen-bond acceptors (Lipinski definition) is 2. The fourth-order valence-electron chi connectivity index (χ4n) is 1.65. The molecule has 1 aromatic carbocycles. The van der Waals surface area contributed by atoms with Gasteiger partial charge in [0.05, 0.1) is 6.10 Å². The second-order valence-electron chi connectivity index (χ2n) is 4.30. The van der Waals surface area contributed by atoms with E-state index in [0.29, 0.717) is 19.3 Å². The molecule has 0 bridgehead atoms. The molecule has 1 aromatic rings. The summed E-state index contributed by atoms with van der Waals surface area (Å²) in [6.45, 7) is -1.22. The number of aliphatic hydroxyl groups is 1. The van der Waals surface area contributed by atoms with Crippen LogP contribution in [0.15, 0.2) is 28.7 Å². The molecule has 1 unspecified atom stereocenters. The Morgan fingerprint density at radius 3 is 2.68 bits per heavy atom. The predicted octanol–water partition coefficient (Wildman–Crippen LogP) is 3.71. The van der Waals surface area contributed by atoms with Crippen LogP contribution in [0, 0.1) is 0 Å². The average Bonchev–Trinajstić information content (AvgIpc) is 2.26. The van der Waals surface area contributed by atoms with Crippen molar-refractivity contribution in [3.63, 3.8) is 0 Å². The summed E-state index contributed by atoms with van der Waals surface area (Å²) in [5, 5.41) is 9.76. The summed E-state index contributed by atoms with van der Waals surface area (Å²) in [4.78, 5) is 0. The second-order valence-corrected chi connectivity index (χ2v) is 5.21. The molecule has 0 aromatic heterocycles. The average molecular weight is 341 g/mol. The van der Waals surface area contributed by atoms with Crippen molar-refractivity contribution < 1.29 is 23.0 Å². The van der Waals surface area contributed by atoms with Crippen molar-refractivity contribution >= 4 is 15.9 Å². The topological polar surface area (TPSA) is 29.5 Å². The maximum atomic E-state index is 11.8. The van der Waals surface area contributed by atoms with Gasteiger partial charge in [0.15, 0.2) is 0 Å². The van der Waals surface area contributed by atoms with Crippen molar-refractivity contribution in [1.82, 2.24) is 0 Å². The molecule has 1 N–H and O–H groups in total. The Bertz CT molecular complexity index is 382. The first-order chi connectivity index (χ1) is 8.87. The fraction of sp³-hybridized carbons (Fsp3) is 0.538. The van der Waals surface area contributed by atoms with Crippen LogP contribution in [0.4, 0.5) is 13.2 Å². The first kappa shape index (κ1) is 16.5. The quantitative estimate of drug-likeness (QED) is 0.766. The van der Waals surface area contributed by atoms with E-state index in [4.69, 9.17) is 0 Å². The molecule has 0 saturated heterocycles. The smallest absolute Gasteiger partial charge is 0.393 e. The number of aliphatic hydroxyl groups excluding tert-OH is 1. The molecule has 0 aliphatic rings. The van der Waals surface area contributed by atoms with Crippen LogP contribution < -0.4 is 0 Å². The van der Waals surface area contributed by atoms with E-state index in [1.54, 1.807) is 0 Å². The summed E-state index contributed by atoms with van der Waals surface area (Å²) in [7, 11) is 0. The van der Waals surface area contributed by atoms with E-state index in [0.717, 1.165) is 10.0 Å². The standard InChI is InChI=1S/C13H16BrF3O2/c14-11-4-1-3-10(7-11)8-12(18)5-2-6-19-9-13(15,16)17/h1,3-4,7,12,18H,2,5-6,8-9H2. The Morgan fingerprint density at radius 2 is 2.05 bits per heavy atom. The number of ether oxygens (including phenoxy) is 1. The number of benzene rings is 1. The summed E-state index contributed by atoms with van der Waals surface area (Å²) in [6.07, 6.45) is -3.53. The van der Waals surface area contributed by atoms with Gasteiger partial charge in [0.1, 0.15) is 6.61 Å². The lowest BCUT2D eigenvalue weighted by Crippen LogP contribution is -2.18. The predicted molar refractivity (Wildman–Crippen MR) is 70.0 cm³/mol. The van der Waals surface area contributed by atoms with Crippen LogP contribution in [0.25, 0.3) is 0 Å². The van der Waals surface area contributed by atoms with Crippen LogP contribution in [0.3, 0.4) is 0 Å². The number of halogens is 4. The van der Waals surface area contributed by atoms with Crippen molar-refractivity contribution in [2.45, 2.75) is 31.5 Å². The van der Waals surface area contributed by atoms with Gasteiger partial charge in [0.2, 0.25) is 0 Å². The van der Waals surface area contributed by atoms with Crippen LogP contribution >= 0.6 is 15.9 Å². The van der Waals surface area contributed by atoms with Crippen molar-refractivity contribution in [1.29, 1.82) is 0 Å². The van der Waals surface area contributed by atoms with Gasteiger partial charge in [0, 0.05) is 11.1 Å².